The van der Waals surface area contributed by atoms with Gasteiger partial charge >= 0.3 is 0 Å². The molecule has 0 saturated carbocycles. The summed E-state index contributed by atoms with van der Waals surface area (Å²) in [5, 5.41) is 4.67. The third-order valence-corrected chi connectivity index (χ3v) is 3.37. The van der Waals surface area contributed by atoms with Crippen LogP contribution in [0.4, 0.5) is 0 Å². The molecule has 1 N–H and O–H groups in total. The van der Waals surface area contributed by atoms with Crippen molar-refractivity contribution in [2.45, 2.75) is 12.8 Å². The minimum Gasteiger partial charge on any atom is -0.273 e. The Kier molecular flexibility index (Phi) is 3.07. The number of hydrazone groups is 1. The Morgan fingerprint density at radius 3 is 2.80 bits per heavy atom. The van der Waals surface area contributed by atoms with E-state index in [-0.39, 0.29) is 5.91 Å². The second kappa shape index (κ2) is 4.33. The van der Waals surface area contributed by atoms with Crippen LogP contribution in [0.2, 0.25) is 5.02 Å². The predicted octanol–water partition coefficient (Wildman–Crippen LogP) is 2.72. The van der Waals surface area contributed by atoms with E-state index in [1.165, 1.54) is 0 Å². The van der Waals surface area contributed by atoms with Crippen molar-refractivity contribution in [3.05, 3.63) is 33.3 Å². The number of hydrogen-bond donors (Lipinski definition) is 1. The van der Waals surface area contributed by atoms with Gasteiger partial charge in [-0.3, -0.25) is 4.79 Å². The van der Waals surface area contributed by atoms with Crippen LogP contribution in [0, 0.1) is 0 Å². The molecule has 1 heterocycles. The van der Waals surface area contributed by atoms with Crippen LogP contribution in [0.15, 0.2) is 27.8 Å². The second-order valence-electron chi connectivity index (χ2n) is 3.22. The normalized spacial score (nSPS) is 15.9. The van der Waals surface area contributed by atoms with Crippen molar-refractivity contribution in [1.82, 2.24) is 5.43 Å². The molecule has 5 heteroatoms. The Balaban J connectivity index is 2.30. The fraction of sp³-hybridized carbons (Fsp3) is 0.200. The van der Waals surface area contributed by atoms with E-state index in [0.29, 0.717) is 17.9 Å². The average molecular weight is 288 g/mol. The molecule has 15 heavy (non-hydrogen) atoms. The molecule has 1 aromatic rings. The maximum atomic E-state index is 10.9. The van der Waals surface area contributed by atoms with Gasteiger partial charge in [-0.05, 0) is 33.6 Å². The summed E-state index contributed by atoms with van der Waals surface area (Å²) in [4.78, 5) is 10.9. The van der Waals surface area contributed by atoms with Crippen LogP contribution >= 0.6 is 27.5 Å². The smallest absolute Gasteiger partial charge is 0.240 e. The van der Waals surface area contributed by atoms with E-state index in [1.807, 2.05) is 12.1 Å². The van der Waals surface area contributed by atoms with Gasteiger partial charge in [0.05, 0.1) is 10.7 Å². The van der Waals surface area contributed by atoms with E-state index in [1.54, 1.807) is 6.07 Å². The third kappa shape index (κ3) is 2.38. The summed E-state index contributed by atoms with van der Waals surface area (Å²) in [6, 6.07) is 5.60. The Morgan fingerprint density at radius 1 is 1.40 bits per heavy atom. The van der Waals surface area contributed by atoms with Gasteiger partial charge in [-0.1, -0.05) is 17.7 Å². The molecule has 78 valence electrons. The van der Waals surface area contributed by atoms with Gasteiger partial charge in [0.25, 0.3) is 0 Å². The summed E-state index contributed by atoms with van der Waals surface area (Å²) in [6.45, 7) is 0. The fourth-order valence-corrected chi connectivity index (χ4v) is 1.85. The van der Waals surface area contributed by atoms with Crippen LogP contribution in [0.25, 0.3) is 0 Å². The van der Waals surface area contributed by atoms with Gasteiger partial charge in [-0.15, -0.1) is 0 Å². The zero-order valence-electron chi connectivity index (χ0n) is 7.76. The van der Waals surface area contributed by atoms with Gasteiger partial charge in [-0.25, -0.2) is 5.43 Å². The molecule has 0 aromatic heterocycles. The topological polar surface area (TPSA) is 41.5 Å². The number of carbonyl (C=O) groups excluding carboxylic acids is 1. The number of carbonyl (C=O) groups is 1. The summed E-state index contributed by atoms with van der Waals surface area (Å²) < 4.78 is 0.835. The SMILES string of the molecule is O=C1CCC(c2ccc(Cl)c(Br)c2)=NN1. The minimum absolute atomic E-state index is 0.0354. The molecule has 0 bridgehead atoms. The molecular formula is C10H8BrClN2O. The van der Waals surface area contributed by atoms with Gasteiger partial charge in [0.2, 0.25) is 5.91 Å². The standard InChI is InChI=1S/C10H8BrClN2O/c11-7-5-6(1-2-8(7)12)9-3-4-10(15)14-13-9/h1-2,5H,3-4H2,(H,14,15). The molecule has 0 spiro atoms. The first-order valence-corrected chi connectivity index (χ1v) is 5.65. The van der Waals surface area contributed by atoms with Crippen LogP contribution in [-0.4, -0.2) is 11.6 Å². The number of nitrogens with zero attached hydrogens (tertiary/aromatic N) is 1. The monoisotopic (exact) mass is 286 g/mol. The summed E-state index contributed by atoms with van der Waals surface area (Å²) in [5.41, 5.74) is 4.32. The first kappa shape index (κ1) is 10.6. The van der Waals surface area contributed by atoms with Crippen LogP contribution in [0.5, 0.6) is 0 Å². The van der Waals surface area contributed by atoms with E-state index in [0.717, 1.165) is 15.7 Å². The van der Waals surface area contributed by atoms with Crippen molar-refractivity contribution < 1.29 is 4.79 Å². The minimum atomic E-state index is -0.0354. The van der Waals surface area contributed by atoms with Gasteiger partial charge in [0, 0.05) is 17.3 Å². The summed E-state index contributed by atoms with van der Waals surface area (Å²) in [7, 11) is 0. The molecule has 1 aliphatic heterocycles. The second-order valence-corrected chi connectivity index (χ2v) is 4.48. The van der Waals surface area contributed by atoms with E-state index in [4.69, 9.17) is 11.6 Å². The molecule has 0 aliphatic carbocycles. The highest BCUT2D eigenvalue weighted by Crippen LogP contribution is 2.24. The number of hydrogen-bond acceptors (Lipinski definition) is 2. The number of rotatable bonds is 1. The molecule has 1 aliphatic rings. The van der Waals surface area contributed by atoms with E-state index in [2.05, 4.69) is 26.5 Å². The van der Waals surface area contributed by atoms with Crippen molar-refractivity contribution in [2.75, 3.05) is 0 Å². The number of halogens is 2. The Bertz CT molecular complexity index is 445. The lowest BCUT2D eigenvalue weighted by molar-refractivity contribution is -0.121. The number of benzene rings is 1. The van der Waals surface area contributed by atoms with Crippen LogP contribution < -0.4 is 5.43 Å². The van der Waals surface area contributed by atoms with Crippen molar-refractivity contribution in [1.29, 1.82) is 0 Å². The average Bonchev–Trinajstić information content (AvgIpc) is 2.23. The van der Waals surface area contributed by atoms with Crippen molar-refractivity contribution in [3.8, 4) is 0 Å². The molecule has 2 rings (SSSR count). The third-order valence-electron chi connectivity index (χ3n) is 2.16. The zero-order chi connectivity index (χ0) is 10.8. The largest absolute Gasteiger partial charge is 0.273 e. The van der Waals surface area contributed by atoms with Gasteiger partial charge in [0.1, 0.15) is 0 Å². The molecule has 0 fully saturated rings. The molecule has 1 aromatic carbocycles. The summed E-state index contributed by atoms with van der Waals surface area (Å²) in [6.07, 6.45) is 1.15. The number of amides is 1. The van der Waals surface area contributed by atoms with Crippen LogP contribution in [0.3, 0.4) is 0 Å². The molecule has 0 saturated heterocycles. The highest BCUT2D eigenvalue weighted by molar-refractivity contribution is 9.10. The first-order valence-electron chi connectivity index (χ1n) is 4.47. The van der Waals surface area contributed by atoms with Crippen molar-refractivity contribution in [3.63, 3.8) is 0 Å². The zero-order valence-corrected chi connectivity index (χ0v) is 10.1. The Labute approximate surface area is 101 Å². The summed E-state index contributed by atoms with van der Waals surface area (Å²) in [5.74, 6) is -0.0354. The Hall–Kier alpha value is -0.870. The highest BCUT2D eigenvalue weighted by atomic mass is 79.9. The number of nitrogens with one attached hydrogen (secondary N) is 1. The highest BCUT2D eigenvalue weighted by Gasteiger charge is 2.13. The van der Waals surface area contributed by atoms with Gasteiger partial charge < -0.3 is 0 Å². The lowest BCUT2D eigenvalue weighted by Gasteiger charge is -2.12. The van der Waals surface area contributed by atoms with Crippen LogP contribution in [0.1, 0.15) is 18.4 Å². The lowest BCUT2D eigenvalue weighted by Crippen LogP contribution is -2.25. The van der Waals surface area contributed by atoms with E-state index < -0.39 is 0 Å². The molecule has 1 amide bonds. The van der Waals surface area contributed by atoms with Crippen molar-refractivity contribution >= 4 is 39.1 Å². The molecule has 0 unspecified atom stereocenters. The van der Waals surface area contributed by atoms with Gasteiger partial charge in [0.15, 0.2) is 0 Å². The quantitative estimate of drug-likeness (QED) is 0.848. The predicted molar refractivity (Wildman–Crippen MR) is 63.1 cm³/mol. The summed E-state index contributed by atoms with van der Waals surface area (Å²) >= 11 is 9.24. The molecule has 3 nitrogen and oxygen atoms in total. The maximum Gasteiger partial charge on any atom is 0.240 e. The van der Waals surface area contributed by atoms with E-state index >= 15 is 0 Å². The van der Waals surface area contributed by atoms with E-state index in [9.17, 15) is 4.79 Å². The first-order chi connectivity index (χ1) is 7.16. The molecular weight excluding hydrogens is 279 g/mol. The maximum absolute atomic E-state index is 10.9. The molecule has 0 radical (unpaired) electrons. The fourth-order valence-electron chi connectivity index (χ4n) is 1.36. The molecule has 0 atom stereocenters. The van der Waals surface area contributed by atoms with Gasteiger partial charge in [-0.2, -0.15) is 5.10 Å². The van der Waals surface area contributed by atoms with Crippen molar-refractivity contribution in [2.24, 2.45) is 5.10 Å². The lowest BCUT2D eigenvalue weighted by atomic mass is 10.0. The van der Waals surface area contributed by atoms with Crippen LogP contribution in [-0.2, 0) is 4.79 Å². The Morgan fingerprint density at radius 2 is 2.20 bits per heavy atom.